The first kappa shape index (κ1) is 27.9. The van der Waals surface area contributed by atoms with E-state index in [1.54, 1.807) is 0 Å². The summed E-state index contributed by atoms with van der Waals surface area (Å²) in [6, 6.07) is 3.17. The van der Waals surface area contributed by atoms with E-state index >= 15 is 0 Å². The summed E-state index contributed by atoms with van der Waals surface area (Å²) in [6.45, 7) is 20.1. The molecule has 2 aromatic carbocycles. The van der Waals surface area contributed by atoms with Crippen LogP contribution in [-0.4, -0.2) is 50.4 Å². The molecule has 0 aromatic heterocycles. The number of phenols is 4. The van der Waals surface area contributed by atoms with Crippen LogP contribution in [0.25, 0.3) is 11.1 Å². The van der Waals surface area contributed by atoms with Crippen LogP contribution in [0.15, 0.2) is 17.9 Å². The number of carbonyl (C=O) groups excluding carboxylic acids is 1. The van der Waals surface area contributed by atoms with E-state index in [-0.39, 0.29) is 69.1 Å². The lowest BCUT2D eigenvalue weighted by Crippen LogP contribution is -2.42. The molecule has 2 heterocycles. The maximum atomic E-state index is 13.6. The lowest BCUT2D eigenvalue weighted by Gasteiger charge is -2.34. The van der Waals surface area contributed by atoms with E-state index < -0.39 is 22.4 Å². The summed E-state index contributed by atoms with van der Waals surface area (Å²) in [7, 11) is 0. The Balaban J connectivity index is 1.79. The fourth-order valence-corrected chi connectivity index (χ4v) is 7.28. The molecule has 2 unspecified atom stereocenters. The van der Waals surface area contributed by atoms with E-state index in [0.29, 0.717) is 22.2 Å². The zero-order chi connectivity index (χ0) is 30.0. The molecule has 0 fully saturated rings. The average Bonchev–Trinajstić information content (AvgIpc) is 3.15. The van der Waals surface area contributed by atoms with Crippen molar-refractivity contribution in [1.82, 2.24) is 4.58 Å². The summed E-state index contributed by atoms with van der Waals surface area (Å²) >= 11 is 0. The number of anilines is 1. The van der Waals surface area contributed by atoms with E-state index in [2.05, 4.69) is 9.48 Å². The third-order valence-corrected chi connectivity index (χ3v) is 9.81. The Labute approximate surface area is 234 Å². The van der Waals surface area contributed by atoms with E-state index in [0.717, 1.165) is 0 Å². The van der Waals surface area contributed by atoms with Gasteiger partial charge in [0, 0.05) is 46.0 Å². The lowest BCUT2D eigenvalue weighted by molar-refractivity contribution is -0.293. The number of rotatable bonds is 3. The molecule has 8 nitrogen and oxygen atoms in total. The Morgan fingerprint density at radius 1 is 0.875 bits per heavy atom. The number of benzene rings is 2. The molecular formula is C32H40N2O6. The zero-order valence-corrected chi connectivity index (χ0v) is 25.0. The Hall–Kier alpha value is -3.68. The smallest absolute Gasteiger partial charge is 0.211 e. The number of phenolic OH excluding ortho intramolecular Hbond substituents is 4. The van der Waals surface area contributed by atoms with Crippen LogP contribution in [0.2, 0.25) is 0 Å². The molecule has 0 saturated heterocycles. The second kappa shape index (κ2) is 8.41. The minimum absolute atomic E-state index is 0.0144. The average molecular weight is 549 g/mol. The van der Waals surface area contributed by atoms with Crippen LogP contribution in [0.1, 0.15) is 85.9 Å². The summed E-state index contributed by atoms with van der Waals surface area (Å²) in [4.78, 5) is 15.7. The minimum Gasteiger partial charge on any atom is -0.871 e. The maximum absolute atomic E-state index is 13.6. The number of hydrogen-bond donors (Lipinski definition) is 4. The molecule has 0 radical (unpaired) electrons. The number of fused-ring (bicyclic) bond motifs is 2. The van der Waals surface area contributed by atoms with Gasteiger partial charge in [0.05, 0.1) is 27.8 Å². The highest BCUT2D eigenvalue weighted by atomic mass is 16.3. The molecule has 2 aliphatic heterocycles. The van der Waals surface area contributed by atoms with Gasteiger partial charge in [-0.05, 0) is 55.4 Å². The summed E-state index contributed by atoms with van der Waals surface area (Å²) in [5.74, 6) is -2.81. The van der Waals surface area contributed by atoms with Crippen molar-refractivity contribution in [3.63, 3.8) is 0 Å². The van der Waals surface area contributed by atoms with Crippen molar-refractivity contribution in [1.29, 1.82) is 0 Å². The van der Waals surface area contributed by atoms with Crippen LogP contribution in [-0.2, 0) is 15.6 Å². The topological polar surface area (TPSA) is 127 Å². The van der Waals surface area contributed by atoms with Crippen molar-refractivity contribution < 1.29 is 30.3 Å². The molecule has 0 spiro atoms. The maximum Gasteiger partial charge on any atom is 0.211 e. The van der Waals surface area contributed by atoms with Gasteiger partial charge < -0.3 is 30.4 Å². The molecule has 5 rings (SSSR count). The van der Waals surface area contributed by atoms with Crippen LogP contribution in [0, 0.1) is 0 Å². The van der Waals surface area contributed by atoms with Crippen LogP contribution in [0.3, 0.4) is 0 Å². The van der Waals surface area contributed by atoms with Crippen molar-refractivity contribution in [2.24, 2.45) is 0 Å². The van der Waals surface area contributed by atoms with Gasteiger partial charge in [0.25, 0.3) is 0 Å². The predicted molar refractivity (Wildman–Crippen MR) is 153 cm³/mol. The molecule has 2 aromatic rings. The fourth-order valence-electron chi connectivity index (χ4n) is 7.28. The molecule has 1 aliphatic carbocycles. The van der Waals surface area contributed by atoms with E-state index in [4.69, 9.17) is 0 Å². The van der Waals surface area contributed by atoms with Crippen molar-refractivity contribution in [2.75, 3.05) is 4.90 Å². The first-order chi connectivity index (χ1) is 18.4. The molecule has 2 atom stereocenters. The SMILES string of the molecule is CC(C)N1c2cc(O)c(C3=C([O-])/C(=c4\c(O)cc5c(c4O)C(C)(C)C(C)[N+]=5C(C)C)C3=O)c(O)c2C(C)(C)C1C. The highest BCUT2D eigenvalue weighted by molar-refractivity contribution is 6.52. The van der Waals surface area contributed by atoms with Crippen molar-refractivity contribution >= 4 is 22.6 Å². The number of ketones is 1. The summed E-state index contributed by atoms with van der Waals surface area (Å²) < 4.78 is 2.11. The van der Waals surface area contributed by atoms with Crippen LogP contribution in [0.4, 0.5) is 5.69 Å². The number of aromatic hydroxyl groups is 4. The lowest BCUT2D eigenvalue weighted by atomic mass is 9.75. The van der Waals surface area contributed by atoms with E-state index in [9.17, 15) is 30.3 Å². The quantitative estimate of drug-likeness (QED) is 0.434. The van der Waals surface area contributed by atoms with Gasteiger partial charge >= 0.3 is 0 Å². The van der Waals surface area contributed by atoms with Gasteiger partial charge in [0.2, 0.25) is 5.36 Å². The summed E-state index contributed by atoms with van der Waals surface area (Å²) in [5.41, 5.74) is -0.179. The summed E-state index contributed by atoms with van der Waals surface area (Å²) in [5, 5.41) is 59.1. The molecular weight excluding hydrogens is 508 g/mol. The molecule has 0 amide bonds. The molecule has 40 heavy (non-hydrogen) atoms. The number of Topliss-reactive ketones (excluding diaryl/α,β-unsaturated/α-hetero) is 1. The van der Waals surface area contributed by atoms with Crippen LogP contribution < -0.4 is 25.2 Å². The van der Waals surface area contributed by atoms with Gasteiger partial charge in [-0.2, -0.15) is 0 Å². The van der Waals surface area contributed by atoms with Gasteiger partial charge in [-0.1, -0.05) is 19.6 Å². The molecule has 3 aliphatic rings. The Bertz CT molecular complexity index is 1660. The van der Waals surface area contributed by atoms with Crippen molar-refractivity contribution in [2.45, 2.75) is 104 Å². The van der Waals surface area contributed by atoms with Crippen molar-refractivity contribution in [3.8, 4) is 23.0 Å². The van der Waals surface area contributed by atoms with Gasteiger partial charge in [0.1, 0.15) is 29.0 Å². The third-order valence-electron chi connectivity index (χ3n) is 9.81. The summed E-state index contributed by atoms with van der Waals surface area (Å²) in [6.07, 6.45) is 0. The molecule has 0 bridgehead atoms. The highest BCUT2D eigenvalue weighted by Crippen LogP contribution is 2.56. The first-order valence-electron chi connectivity index (χ1n) is 14.0. The largest absolute Gasteiger partial charge is 0.871 e. The van der Waals surface area contributed by atoms with Gasteiger partial charge in [-0.3, -0.25) is 4.79 Å². The highest BCUT2D eigenvalue weighted by Gasteiger charge is 2.49. The Morgan fingerprint density at radius 3 is 2.00 bits per heavy atom. The second-order valence-electron chi connectivity index (χ2n) is 13.2. The van der Waals surface area contributed by atoms with E-state index in [1.165, 1.54) is 12.1 Å². The third kappa shape index (κ3) is 3.25. The minimum atomic E-state index is -0.741. The van der Waals surface area contributed by atoms with Gasteiger partial charge in [0.15, 0.2) is 11.8 Å². The van der Waals surface area contributed by atoms with Gasteiger partial charge in [-0.25, -0.2) is 4.58 Å². The molecule has 0 saturated carbocycles. The number of nitrogens with zero attached hydrogens (tertiary/aromatic N) is 2. The second-order valence-corrected chi connectivity index (χ2v) is 13.2. The van der Waals surface area contributed by atoms with Crippen LogP contribution >= 0.6 is 0 Å². The number of allylic oxidation sites excluding steroid dienone is 2. The Kier molecular flexibility index (Phi) is 5.86. The van der Waals surface area contributed by atoms with Gasteiger partial charge in [-0.15, -0.1) is 0 Å². The Morgan fingerprint density at radius 2 is 1.48 bits per heavy atom. The number of hydrogen-bond acceptors (Lipinski definition) is 7. The molecule has 4 N–H and O–H groups in total. The monoisotopic (exact) mass is 548 g/mol. The first-order valence-corrected chi connectivity index (χ1v) is 14.0. The number of carbonyl (C=O) groups is 1. The fraction of sp³-hybridized carbons (Fsp3) is 0.500. The standard InChI is InChI=1S/C32H40N2O6/c1-13(2)33-15(5)31(7,8)25-17(33)11-19(35)21(29(25)39)23-27(37)24(28(23)38)22-20(36)12-18-26(30(22)40)32(9,10)16(6)34(18)14(3)4/h11-16H,1-10H3,(H4,35,36,37,38,39,40). The molecule has 8 heteroatoms. The zero-order valence-electron chi connectivity index (χ0n) is 25.0. The normalized spacial score (nSPS) is 24.2. The van der Waals surface area contributed by atoms with Crippen LogP contribution in [0.5, 0.6) is 23.0 Å². The predicted octanol–water partition coefficient (Wildman–Crippen LogP) is 2.49. The molecule has 214 valence electrons. The van der Waals surface area contributed by atoms with E-state index in [1.807, 2.05) is 69.2 Å². The van der Waals surface area contributed by atoms with Crippen molar-refractivity contribution in [3.05, 3.63) is 45.2 Å².